The number of carboxylic acids is 1. The van der Waals surface area contributed by atoms with Crippen molar-refractivity contribution in [2.24, 2.45) is 33.8 Å². The molecule has 0 aromatic rings. The maximum atomic E-state index is 13.6. The molecule has 0 radical (unpaired) electrons. The summed E-state index contributed by atoms with van der Waals surface area (Å²) >= 11 is 0. The third-order valence-electron chi connectivity index (χ3n) is 7.01. The Hall–Kier alpha value is -5.09. The number of nitrogens with two attached hydrogens (primary N) is 4. The highest BCUT2D eigenvalue weighted by Crippen LogP contribution is 2.09. The van der Waals surface area contributed by atoms with Crippen LogP contribution in [0.1, 0.15) is 59.8 Å². The molecule has 22 heteroatoms. The van der Waals surface area contributed by atoms with Crippen LogP contribution in [0.4, 0.5) is 0 Å². The van der Waals surface area contributed by atoms with Gasteiger partial charge in [-0.3, -0.25) is 38.6 Å². The summed E-state index contributed by atoms with van der Waals surface area (Å²) in [5.41, 5.74) is 21.4. The van der Waals surface area contributed by atoms with Gasteiger partial charge in [0.15, 0.2) is 5.96 Å². The number of nitrogens with one attached hydrogen (secondary N) is 6. The maximum Gasteiger partial charge on any atom is 0.328 e. The lowest BCUT2D eigenvalue weighted by Crippen LogP contribution is -2.60. The van der Waals surface area contributed by atoms with E-state index in [1.54, 1.807) is 13.8 Å². The fourth-order valence-corrected chi connectivity index (χ4v) is 4.21. The molecule has 0 aromatic heterocycles. The second kappa shape index (κ2) is 23.3. The second-order valence-electron chi connectivity index (χ2n) is 12.1. The van der Waals surface area contributed by atoms with Crippen LogP contribution < -0.4 is 54.8 Å². The molecule has 290 valence electrons. The molecule has 0 saturated carbocycles. The summed E-state index contributed by atoms with van der Waals surface area (Å²) in [5, 5.41) is 42.3. The number of aliphatic carboxylic acids is 1. The fourth-order valence-electron chi connectivity index (χ4n) is 4.21. The maximum absolute atomic E-state index is 13.6. The molecule has 7 amide bonds. The molecule has 0 unspecified atom stereocenters. The zero-order chi connectivity index (χ0) is 39.4. The highest BCUT2D eigenvalue weighted by molar-refractivity contribution is 5.97. The Bertz CT molecular complexity index is 1260. The van der Waals surface area contributed by atoms with E-state index in [0.29, 0.717) is 0 Å². The molecule has 51 heavy (non-hydrogen) atoms. The van der Waals surface area contributed by atoms with Crippen LogP contribution in [-0.2, 0) is 38.4 Å². The van der Waals surface area contributed by atoms with Gasteiger partial charge in [0.25, 0.3) is 0 Å². The van der Waals surface area contributed by atoms with Gasteiger partial charge in [-0.15, -0.1) is 0 Å². The summed E-state index contributed by atoms with van der Waals surface area (Å²) in [6.45, 7) is 4.33. The highest BCUT2D eigenvalue weighted by Gasteiger charge is 2.33. The number of nitrogens with zero attached hydrogens (tertiary/aromatic N) is 1. The summed E-state index contributed by atoms with van der Waals surface area (Å²) in [6, 6.07) is -9.59. The molecule has 0 aliphatic heterocycles. The summed E-state index contributed by atoms with van der Waals surface area (Å²) < 4.78 is 0. The number of guanidine groups is 1. The summed E-state index contributed by atoms with van der Waals surface area (Å²) in [7, 11) is 0. The van der Waals surface area contributed by atoms with E-state index in [2.05, 4.69) is 31.6 Å². The molecule has 0 bridgehead atoms. The predicted octanol–water partition coefficient (Wildman–Crippen LogP) is -6.30. The minimum Gasteiger partial charge on any atom is -0.480 e. The van der Waals surface area contributed by atoms with E-state index in [0.717, 1.165) is 0 Å². The van der Waals surface area contributed by atoms with Crippen molar-refractivity contribution in [1.29, 1.82) is 0 Å². The quantitative estimate of drug-likeness (QED) is 0.0250. The standard InChI is InChI=1S/C29H53N11O11/c1-13(2)10-18(26(48)37-17(7-8-21(31)43)25(47)40-20(12-42)28(50)51)38-24(46)16(6-5-9-34-29(32)33)36-27(49)19(11-41)39-23(45)15(4)35-22(44)14(3)30/h13-20,41-42H,5-12,30H2,1-4H3,(H2,31,43)(H,35,44)(H,36,49)(H,37,48)(H,38,46)(H,39,45)(H,40,47)(H,50,51)(H4,32,33,34)/t14-,15-,16-,17-,18-,19-,20-/m0/s1. The SMILES string of the molecule is CC(C)C[C@H](NC(=O)[C@H](CCCN=C(N)N)NC(=O)[C@H](CO)NC(=O)[C@H](C)NC(=O)[C@H](C)N)C(=O)N[C@@H](CCC(N)=O)C(=O)N[C@@H](CO)C(=O)O. The first-order valence-corrected chi connectivity index (χ1v) is 16.1. The van der Waals surface area contributed by atoms with Gasteiger partial charge in [0.1, 0.15) is 36.3 Å². The molecule has 0 aromatic carbocycles. The smallest absolute Gasteiger partial charge is 0.328 e. The lowest BCUT2D eigenvalue weighted by atomic mass is 10.0. The van der Waals surface area contributed by atoms with Gasteiger partial charge in [-0.05, 0) is 45.4 Å². The van der Waals surface area contributed by atoms with Crippen molar-refractivity contribution in [2.45, 2.75) is 102 Å². The van der Waals surface area contributed by atoms with Crippen LogP contribution in [0.2, 0.25) is 0 Å². The van der Waals surface area contributed by atoms with E-state index in [-0.39, 0.29) is 50.5 Å². The van der Waals surface area contributed by atoms with Crippen molar-refractivity contribution in [2.75, 3.05) is 19.8 Å². The fraction of sp³-hybridized carbons (Fsp3) is 0.690. The molecule has 7 atom stereocenters. The van der Waals surface area contributed by atoms with Gasteiger partial charge in [-0.1, -0.05) is 13.8 Å². The number of hydrogen-bond acceptors (Lipinski definition) is 12. The number of rotatable bonds is 24. The van der Waals surface area contributed by atoms with Crippen molar-refractivity contribution in [3.05, 3.63) is 0 Å². The van der Waals surface area contributed by atoms with Gasteiger partial charge >= 0.3 is 5.97 Å². The number of carboxylic acid groups (broad SMARTS) is 1. The van der Waals surface area contributed by atoms with Crippen LogP contribution in [0.25, 0.3) is 0 Å². The van der Waals surface area contributed by atoms with Gasteiger partial charge in [0.05, 0.1) is 19.3 Å². The molecule has 0 aliphatic carbocycles. The number of aliphatic imine (C=N–C) groups is 1. The topological polar surface area (TPSA) is 386 Å². The van der Waals surface area contributed by atoms with E-state index >= 15 is 0 Å². The minimum absolute atomic E-state index is 0.00510. The molecule has 0 heterocycles. The van der Waals surface area contributed by atoms with Crippen LogP contribution in [0.15, 0.2) is 4.99 Å². The molecule has 17 N–H and O–H groups in total. The number of aliphatic hydroxyl groups excluding tert-OH is 2. The number of primary amides is 1. The zero-order valence-corrected chi connectivity index (χ0v) is 29.1. The summed E-state index contributed by atoms with van der Waals surface area (Å²) in [4.78, 5) is 104. The molecule has 22 nitrogen and oxygen atoms in total. The second-order valence-corrected chi connectivity index (χ2v) is 12.1. The van der Waals surface area contributed by atoms with E-state index in [1.807, 2.05) is 5.32 Å². The zero-order valence-electron chi connectivity index (χ0n) is 29.1. The van der Waals surface area contributed by atoms with Gasteiger partial charge in [-0.2, -0.15) is 0 Å². The number of carbonyl (C=O) groups is 8. The average Bonchev–Trinajstić information content (AvgIpc) is 3.03. The van der Waals surface area contributed by atoms with Crippen molar-refractivity contribution in [1.82, 2.24) is 31.9 Å². The first-order valence-electron chi connectivity index (χ1n) is 16.1. The van der Waals surface area contributed by atoms with Crippen LogP contribution in [-0.4, -0.2) is 131 Å². The minimum atomic E-state index is -1.72. The number of hydrogen-bond donors (Lipinski definition) is 13. The van der Waals surface area contributed by atoms with Crippen LogP contribution in [0.3, 0.4) is 0 Å². The molecular formula is C29H53N11O11. The monoisotopic (exact) mass is 731 g/mol. The highest BCUT2D eigenvalue weighted by atomic mass is 16.4. The lowest BCUT2D eigenvalue weighted by Gasteiger charge is -2.27. The van der Waals surface area contributed by atoms with E-state index < -0.39 is 103 Å². The van der Waals surface area contributed by atoms with E-state index in [9.17, 15) is 53.7 Å². The predicted molar refractivity (Wildman–Crippen MR) is 181 cm³/mol. The first-order chi connectivity index (χ1) is 23.7. The largest absolute Gasteiger partial charge is 0.480 e. The molecule has 0 saturated heterocycles. The molecule has 0 fully saturated rings. The Morgan fingerprint density at radius 2 is 1.06 bits per heavy atom. The van der Waals surface area contributed by atoms with Crippen LogP contribution in [0, 0.1) is 5.92 Å². The Morgan fingerprint density at radius 1 is 0.608 bits per heavy atom. The summed E-state index contributed by atoms with van der Waals surface area (Å²) in [6.07, 6.45) is -0.693. The Balaban J connectivity index is 6.17. The Kier molecular flexibility index (Phi) is 21.0. The van der Waals surface area contributed by atoms with Crippen molar-refractivity contribution in [3.8, 4) is 0 Å². The van der Waals surface area contributed by atoms with Crippen molar-refractivity contribution >= 4 is 53.3 Å². The van der Waals surface area contributed by atoms with Crippen molar-refractivity contribution in [3.63, 3.8) is 0 Å². The van der Waals surface area contributed by atoms with Gasteiger partial charge in [0.2, 0.25) is 41.4 Å². The van der Waals surface area contributed by atoms with Crippen LogP contribution >= 0.6 is 0 Å². The Morgan fingerprint density at radius 3 is 1.51 bits per heavy atom. The third kappa shape index (κ3) is 18.5. The van der Waals surface area contributed by atoms with E-state index in [1.165, 1.54) is 13.8 Å². The number of carbonyl (C=O) groups excluding carboxylic acids is 7. The molecule has 0 aliphatic rings. The molecular weight excluding hydrogens is 678 g/mol. The van der Waals surface area contributed by atoms with Gasteiger partial charge < -0.3 is 70.2 Å². The first kappa shape index (κ1) is 45.9. The van der Waals surface area contributed by atoms with Gasteiger partial charge in [0, 0.05) is 13.0 Å². The van der Waals surface area contributed by atoms with E-state index in [4.69, 9.17) is 22.9 Å². The van der Waals surface area contributed by atoms with Crippen molar-refractivity contribution < 1.29 is 53.7 Å². The number of amides is 7. The van der Waals surface area contributed by atoms with Gasteiger partial charge in [-0.25, -0.2) is 4.79 Å². The number of aliphatic hydroxyl groups is 2. The third-order valence-corrected chi connectivity index (χ3v) is 7.01. The lowest BCUT2D eigenvalue weighted by molar-refractivity contribution is -0.143. The molecule has 0 spiro atoms. The Labute approximate surface area is 294 Å². The molecule has 0 rings (SSSR count). The summed E-state index contributed by atoms with van der Waals surface area (Å²) in [5.74, 6) is -8.17. The van der Waals surface area contributed by atoms with Crippen LogP contribution in [0.5, 0.6) is 0 Å². The normalized spacial score (nSPS) is 15.0. The average molecular weight is 732 g/mol.